The summed E-state index contributed by atoms with van der Waals surface area (Å²) in [7, 11) is 0. The molecule has 0 aromatic carbocycles. The molecule has 90 valence electrons. The Morgan fingerprint density at radius 2 is 2.19 bits per heavy atom. The van der Waals surface area contributed by atoms with Crippen molar-refractivity contribution in [2.75, 3.05) is 0 Å². The van der Waals surface area contributed by atoms with E-state index in [-0.39, 0.29) is 12.1 Å². The van der Waals surface area contributed by atoms with Crippen molar-refractivity contribution >= 4 is 0 Å². The second-order valence-corrected chi connectivity index (χ2v) is 5.39. The molecule has 3 unspecified atom stereocenters. The fourth-order valence-corrected chi connectivity index (χ4v) is 2.67. The summed E-state index contributed by atoms with van der Waals surface area (Å²) in [6.45, 7) is 6.53. The van der Waals surface area contributed by atoms with E-state index in [2.05, 4.69) is 18.9 Å². The Labute approximate surface area is 97.5 Å². The van der Waals surface area contributed by atoms with Gasteiger partial charge in [-0.2, -0.15) is 5.10 Å². The maximum atomic E-state index is 10.1. The minimum atomic E-state index is -0.228. The molecule has 1 heterocycles. The molecule has 0 amide bonds. The number of rotatable bonds is 2. The van der Waals surface area contributed by atoms with Gasteiger partial charge in [-0.3, -0.25) is 4.68 Å². The highest BCUT2D eigenvalue weighted by Crippen LogP contribution is 2.36. The van der Waals surface area contributed by atoms with Crippen molar-refractivity contribution in [3.05, 3.63) is 18.0 Å². The number of hydrogen-bond donors (Lipinski definition) is 1. The summed E-state index contributed by atoms with van der Waals surface area (Å²) in [4.78, 5) is 0. The van der Waals surface area contributed by atoms with Gasteiger partial charge in [0.2, 0.25) is 0 Å². The number of nitrogens with zero attached hydrogens (tertiary/aromatic N) is 2. The van der Waals surface area contributed by atoms with Crippen LogP contribution in [-0.2, 0) is 0 Å². The molecule has 0 bridgehead atoms. The average Bonchev–Trinajstić information content (AvgIpc) is 2.65. The van der Waals surface area contributed by atoms with Crippen LogP contribution in [0.15, 0.2) is 12.3 Å². The zero-order valence-electron chi connectivity index (χ0n) is 10.4. The number of aryl methyl sites for hydroxylation is 1. The van der Waals surface area contributed by atoms with Crippen molar-refractivity contribution in [3.63, 3.8) is 0 Å². The highest BCUT2D eigenvalue weighted by Gasteiger charge is 2.32. The van der Waals surface area contributed by atoms with E-state index in [1.54, 1.807) is 0 Å². The molecule has 0 saturated heterocycles. The Kier molecular flexibility index (Phi) is 3.33. The topological polar surface area (TPSA) is 38.0 Å². The van der Waals surface area contributed by atoms with Gasteiger partial charge in [0, 0.05) is 6.20 Å². The molecular weight excluding hydrogens is 200 g/mol. The number of hydrogen-bond acceptors (Lipinski definition) is 2. The highest BCUT2D eigenvalue weighted by molar-refractivity contribution is 4.98. The van der Waals surface area contributed by atoms with Crippen LogP contribution in [0.25, 0.3) is 0 Å². The zero-order valence-corrected chi connectivity index (χ0v) is 10.4. The van der Waals surface area contributed by atoms with Gasteiger partial charge in [0.25, 0.3) is 0 Å². The predicted octanol–water partition coefficient (Wildman–Crippen LogP) is 2.55. The molecule has 1 aromatic rings. The molecule has 16 heavy (non-hydrogen) atoms. The van der Waals surface area contributed by atoms with E-state index in [1.165, 1.54) is 0 Å². The SMILES string of the molecule is Cc1ccn(C2CC(C(C)C)CCC2O)n1. The summed E-state index contributed by atoms with van der Waals surface area (Å²) >= 11 is 0. The first-order valence-electron chi connectivity index (χ1n) is 6.27. The summed E-state index contributed by atoms with van der Waals surface area (Å²) in [5, 5.41) is 14.5. The molecule has 1 fully saturated rings. The van der Waals surface area contributed by atoms with E-state index >= 15 is 0 Å². The monoisotopic (exact) mass is 222 g/mol. The normalized spacial score (nSPS) is 30.9. The Hall–Kier alpha value is -0.830. The van der Waals surface area contributed by atoms with Gasteiger partial charge in [-0.05, 0) is 44.1 Å². The third-order valence-electron chi connectivity index (χ3n) is 3.85. The van der Waals surface area contributed by atoms with Crippen LogP contribution in [0, 0.1) is 18.8 Å². The fourth-order valence-electron chi connectivity index (χ4n) is 2.67. The van der Waals surface area contributed by atoms with Crippen LogP contribution >= 0.6 is 0 Å². The quantitative estimate of drug-likeness (QED) is 0.835. The van der Waals surface area contributed by atoms with Crippen molar-refractivity contribution in [3.8, 4) is 0 Å². The van der Waals surface area contributed by atoms with Gasteiger partial charge in [0.15, 0.2) is 0 Å². The Bertz CT molecular complexity index is 345. The highest BCUT2D eigenvalue weighted by atomic mass is 16.3. The summed E-state index contributed by atoms with van der Waals surface area (Å²) in [5.74, 6) is 1.42. The molecule has 1 saturated carbocycles. The van der Waals surface area contributed by atoms with E-state index in [0.717, 1.165) is 30.9 Å². The summed E-state index contributed by atoms with van der Waals surface area (Å²) < 4.78 is 1.95. The number of aromatic nitrogens is 2. The van der Waals surface area contributed by atoms with Crippen LogP contribution in [-0.4, -0.2) is 21.0 Å². The smallest absolute Gasteiger partial charge is 0.0780 e. The molecule has 3 heteroatoms. The molecule has 0 aliphatic heterocycles. The number of aliphatic hydroxyl groups is 1. The second-order valence-electron chi connectivity index (χ2n) is 5.39. The second kappa shape index (κ2) is 4.58. The Morgan fingerprint density at radius 3 is 2.75 bits per heavy atom. The predicted molar refractivity (Wildman–Crippen MR) is 64.2 cm³/mol. The van der Waals surface area contributed by atoms with Gasteiger partial charge < -0.3 is 5.11 Å². The molecular formula is C13H22N2O. The average molecular weight is 222 g/mol. The van der Waals surface area contributed by atoms with Crippen molar-refractivity contribution in [1.29, 1.82) is 0 Å². The van der Waals surface area contributed by atoms with Crippen molar-refractivity contribution in [1.82, 2.24) is 9.78 Å². The lowest BCUT2D eigenvalue weighted by Gasteiger charge is -2.35. The van der Waals surface area contributed by atoms with E-state index in [9.17, 15) is 5.11 Å². The summed E-state index contributed by atoms with van der Waals surface area (Å²) in [5.41, 5.74) is 1.03. The first-order valence-corrected chi connectivity index (χ1v) is 6.27. The van der Waals surface area contributed by atoms with Gasteiger partial charge in [-0.15, -0.1) is 0 Å². The van der Waals surface area contributed by atoms with Crippen molar-refractivity contribution in [2.24, 2.45) is 11.8 Å². The minimum absolute atomic E-state index is 0.176. The summed E-state index contributed by atoms with van der Waals surface area (Å²) in [6, 6.07) is 2.18. The van der Waals surface area contributed by atoms with Crippen LogP contribution in [0.2, 0.25) is 0 Å². The van der Waals surface area contributed by atoms with Crippen molar-refractivity contribution < 1.29 is 5.11 Å². The lowest BCUT2D eigenvalue weighted by Crippen LogP contribution is -2.33. The van der Waals surface area contributed by atoms with Gasteiger partial charge in [-0.1, -0.05) is 13.8 Å². The first-order chi connectivity index (χ1) is 7.58. The molecule has 3 nitrogen and oxygen atoms in total. The molecule has 0 spiro atoms. The largest absolute Gasteiger partial charge is 0.391 e. The van der Waals surface area contributed by atoms with Gasteiger partial charge in [0.1, 0.15) is 0 Å². The van der Waals surface area contributed by atoms with E-state index < -0.39 is 0 Å². The number of aliphatic hydroxyl groups excluding tert-OH is 1. The van der Waals surface area contributed by atoms with E-state index in [1.807, 2.05) is 23.9 Å². The lowest BCUT2D eigenvalue weighted by atomic mass is 9.78. The molecule has 1 aliphatic rings. The minimum Gasteiger partial charge on any atom is -0.391 e. The maximum absolute atomic E-state index is 10.1. The zero-order chi connectivity index (χ0) is 11.7. The van der Waals surface area contributed by atoms with Gasteiger partial charge in [0.05, 0.1) is 17.8 Å². The van der Waals surface area contributed by atoms with E-state index in [4.69, 9.17) is 0 Å². The van der Waals surface area contributed by atoms with Crippen LogP contribution in [0.4, 0.5) is 0 Å². The summed E-state index contributed by atoms with van der Waals surface area (Å²) in [6.07, 6.45) is 4.88. The maximum Gasteiger partial charge on any atom is 0.0780 e. The Balaban J connectivity index is 2.12. The van der Waals surface area contributed by atoms with Gasteiger partial charge >= 0.3 is 0 Å². The van der Waals surface area contributed by atoms with Crippen LogP contribution < -0.4 is 0 Å². The van der Waals surface area contributed by atoms with Gasteiger partial charge in [-0.25, -0.2) is 0 Å². The fraction of sp³-hybridized carbons (Fsp3) is 0.769. The van der Waals surface area contributed by atoms with Crippen molar-refractivity contribution in [2.45, 2.75) is 52.2 Å². The lowest BCUT2D eigenvalue weighted by molar-refractivity contribution is 0.0382. The molecule has 1 aliphatic carbocycles. The van der Waals surface area contributed by atoms with Crippen LogP contribution in [0.3, 0.4) is 0 Å². The molecule has 0 radical (unpaired) electrons. The Morgan fingerprint density at radius 1 is 1.44 bits per heavy atom. The van der Waals surface area contributed by atoms with E-state index in [0.29, 0.717) is 5.92 Å². The molecule has 1 N–H and O–H groups in total. The third kappa shape index (κ3) is 2.29. The van der Waals surface area contributed by atoms with Crippen LogP contribution in [0.1, 0.15) is 44.8 Å². The molecule has 2 rings (SSSR count). The molecule has 3 atom stereocenters. The van der Waals surface area contributed by atoms with Crippen LogP contribution in [0.5, 0.6) is 0 Å². The standard InChI is InChI=1S/C13H22N2O/c1-9(2)11-4-5-13(16)12(8-11)15-7-6-10(3)14-15/h6-7,9,11-13,16H,4-5,8H2,1-3H3. The molecule has 1 aromatic heterocycles. The first kappa shape index (κ1) is 11.6. The third-order valence-corrected chi connectivity index (χ3v) is 3.85.